The summed E-state index contributed by atoms with van der Waals surface area (Å²) in [6, 6.07) is 0.454. The summed E-state index contributed by atoms with van der Waals surface area (Å²) in [7, 11) is 1.91. The van der Waals surface area contributed by atoms with E-state index in [1.54, 1.807) is 0 Å². The standard InChI is InChI=1S/C21H38N6.HI/c1-17-7-6-10-27(13-17)21(3,4)15-24-20(22-5)25-11-8-18(2)19(14-25)26-12-9-23-16-26;/h9,12,16-19H,6-8,10-11,13-15H2,1-5H3,(H,22,24);1H. The summed E-state index contributed by atoms with van der Waals surface area (Å²) in [6.07, 6.45) is 9.76. The van der Waals surface area contributed by atoms with Crippen molar-refractivity contribution in [1.29, 1.82) is 0 Å². The SMILES string of the molecule is CN=C(NCC(C)(C)N1CCCC(C)C1)N1CCC(C)C(n2ccnc2)C1.I. The lowest BCUT2D eigenvalue weighted by atomic mass is 9.93. The fraction of sp³-hybridized carbons (Fsp3) is 0.810. The molecule has 2 saturated heterocycles. The van der Waals surface area contributed by atoms with Crippen LogP contribution >= 0.6 is 24.0 Å². The number of imidazole rings is 1. The minimum Gasteiger partial charge on any atom is -0.354 e. The molecule has 7 heteroatoms. The molecule has 160 valence electrons. The first-order valence-corrected chi connectivity index (χ1v) is 10.6. The molecule has 2 aliphatic heterocycles. The first kappa shape index (κ1) is 23.4. The van der Waals surface area contributed by atoms with Gasteiger partial charge in [-0.1, -0.05) is 13.8 Å². The highest BCUT2D eigenvalue weighted by atomic mass is 127. The van der Waals surface area contributed by atoms with Crippen molar-refractivity contribution >= 4 is 29.9 Å². The van der Waals surface area contributed by atoms with E-state index in [0.717, 1.165) is 31.5 Å². The van der Waals surface area contributed by atoms with Crippen LogP contribution in [0.2, 0.25) is 0 Å². The van der Waals surface area contributed by atoms with Gasteiger partial charge < -0.3 is 14.8 Å². The molecule has 0 amide bonds. The van der Waals surface area contributed by atoms with Crippen LogP contribution in [0.4, 0.5) is 0 Å². The molecule has 0 radical (unpaired) electrons. The van der Waals surface area contributed by atoms with E-state index in [-0.39, 0.29) is 29.5 Å². The number of nitrogens with one attached hydrogen (secondary N) is 1. The Morgan fingerprint density at radius 3 is 2.64 bits per heavy atom. The van der Waals surface area contributed by atoms with Crippen LogP contribution in [0, 0.1) is 11.8 Å². The Bertz CT molecular complexity index is 614. The lowest BCUT2D eigenvalue weighted by Gasteiger charge is -2.44. The first-order valence-electron chi connectivity index (χ1n) is 10.6. The second kappa shape index (κ2) is 10.3. The van der Waals surface area contributed by atoms with Crippen LogP contribution in [0.15, 0.2) is 23.7 Å². The van der Waals surface area contributed by atoms with Gasteiger partial charge in [-0.25, -0.2) is 4.98 Å². The number of hydrogen-bond donors (Lipinski definition) is 1. The van der Waals surface area contributed by atoms with Crippen molar-refractivity contribution in [2.45, 2.75) is 58.5 Å². The number of nitrogens with zero attached hydrogens (tertiary/aromatic N) is 5. The summed E-state index contributed by atoms with van der Waals surface area (Å²) in [4.78, 5) is 13.9. The van der Waals surface area contributed by atoms with E-state index in [2.05, 4.69) is 63.6 Å². The molecule has 0 saturated carbocycles. The van der Waals surface area contributed by atoms with Crippen molar-refractivity contribution in [1.82, 2.24) is 24.7 Å². The maximum atomic E-state index is 4.60. The molecule has 1 aromatic rings. The zero-order chi connectivity index (χ0) is 19.4. The zero-order valence-corrected chi connectivity index (χ0v) is 20.6. The average Bonchev–Trinajstić information content (AvgIpc) is 3.18. The number of rotatable bonds is 4. The largest absolute Gasteiger partial charge is 0.354 e. The lowest BCUT2D eigenvalue weighted by molar-refractivity contribution is 0.0730. The molecule has 2 aliphatic rings. The number of hydrogen-bond acceptors (Lipinski definition) is 3. The second-order valence-corrected chi connectivity index (χ2v) is 9.20. The van der Waals surface area contributed by atoms with Crippen LogP contribution in [0.5, 0.6) is 0 Å². The van der Waals surface area contributed by atoms with Crippen molar-refractivity contribution < 1.29 is 0 Å². The smallest absolute Gasteiger partial charge is 0.193 e. The van der Waals surface area contributed by atoms with Crippen molar-refractivity contribution in [3.05, 3.63) is 18.7 Å². The van der Waals surface area contributed by atoms with E-state index in [4.69, 9.17) is 0 Å². The van der Waals surface area contributed by atoms with E-state index in [1.165, 1.54) is 32.4 Å². The second-order valence-electron chi connectivity index (χ2n) is 9.20. The van der Waals surface area contributed by atoms with Crippen LogP contribution < -0.4 is 5.32 Å². The summed E-state index contributed by atoms with van der Waals surface area (Å²) >= 11 is 0. The fourth-order valence-corrected chi connectivity index (χ4v) is 4.57. The Hall–Kier alpha value is -0.830. The molecule has 0 aromatic carbocycles. The van der Waals surface area contributed by atoms with Gasteiger partial charge in [0.25, 0.3) is 0 Å². The third-order valence-corrected chi connectivity index (χ3v) is 6.53. The fourth-order valence-electron chi connectivity index (χ4n) is 4.57. The molecular weight excluding hydrogens is 463 g/mol. The maximum Gasteiger partial charge on any atom is 0.193 e. The Labute approximate surface area is 188 Å². The number of aliphatic imine (C=N–C) groups is 1. The third kappa shape index (κ3) is 5.62. The molecule has 3 atom stereocenters. The van der Waals surface area contributed by atoms with Gasteiger partial charge in [0.15, 0.2) is 5.96 Å². The summed E-state index contributed by atoms with van der Waals surface area (Å²) < 4.78 is 2.25. The van der Waals surface area contributed by atoms with Crippen LogP contribution in [0.1, 0.15) is 53.0 Å². The quantitative estimate of drug-likeness (QED) is 0.389. The molecule has 6 nitrogen and oxygen atoms in total. The summed E-state index contributed by atoms with van der Waals surface area (Å²) in [5, 5.41) is 3.68. The van der Waals surface area contributed by atoms with Gasteiger partial charge in [0.1, 0.15) is 0 Å². The van der Waals surface area contributed by atoms with E-state index in [0.29, 0.717) is 12.0 Å². The molecule has 2 fully saturated rings. The van der Waals surface area contributed by atoms with Gasteiger partial charge in [0.2, 0.25) is 0 Å². The average molecular weight is 502 g/mol. The van der Waals surface area contributed by atoms with Gasteiger partial charge >= 0.3 is 0 Å². The van der Waals surface area contributed by atoms with E-state index in [1.807, 2.05) is 19.6 Å². The molecule has 0 bridgehead atoms. The summed E-state index contributed by atoms with van der Waals surface area (Å²) in [5.41, 5.74) is 0.136. The number of aromatic nitrogens is 2. The monoisotopic (exact) mass is 502 g/mol. The Kier molecular flexibility index (Phi) is 8.60. The lowest BCUT2D eigenvalue weighted by Crippen LogP contribution is -2.57. The summed E-state index contributed by atoms with van der Waals surface area (Å²) in [6.45, 7) is 14.8. The maximum absolute atomic E-state index is 4.60. The van der Waals surface area contributed by atoms with Crippen LogP contribution in [0.25, 0.3) is 0 Å². The van der Waals surface area contributed by atoms with E-state index < -0.39 is 0 Å². The van der Waals surface area contributed by atoms with Gasteiger partial charge in [-0.3, -0.25) is 9.89 Å². The Morgan fingerprint density at radius 1 is 1.21 bits per heavy atom. The molecule has 3 rings (SSSR count). The normalized spacial score (nSPS) is 27.4. The minimum absolute atomic E-state index is 0. The van der Waals surface area contributed by atoms with Gasteiger partial charge in [-0.15, -0.1) is 24.0 Å². The van der Waals surface area contributed by atoms with Gasteiger partial charge in [-0.2, -0.15) is 0 Å². The molecule has 0 aliphatic carbocycles. The molecular formula is C21H39IN6. The van der Waals surface area contributed by atoms with Crippen molar-refractivity contribution in [2.75, 3.05) is 39.8 Å². The first-order chi connectivity index (χ1) is 12.9. The van der Waals surface area contributed by atoms with Gasteiger partial charge in [0, 0.05) is 51.2 Å². The highest BCUT2D eigenvalue weighted by Crippen LogP contribution is 2.28. The number of piperidine rings is 2. The molecule has 3 heterocycles. The Morgan fingerprint density at radius 2 is 2.00 bits per heavy atom. The predicted molar refractivity (Wildman–Crippen MR) is 127 cm³/mol. The minimum atomic E-state index is 0. The van der Waals surface area contributed by atoms with Crippen molar-refractivity contribution in [3.63, 3.8) is 0 Å². The predicted octanol–water partition coefficient (Wildman–Crippen LogP) is 3.47. The van der Waals surface area contributed by atoms with Crippen molar-refractivity contribution in [2.24, 2.45) is 16.8 Å². The summed E-state index contributed by atoms with van der Waals surface area (Å²) in [5.74, 6) is 2.49. The Balaban J connectivity index is 0.00000280. The number of guanidine groups is 1. The topological polar surface area (TPSA) is 48.7 Å². The highest BCUT2D eigenvalue weighted by Gasteiger charge is 2.32. The number of likely N-dealkylation sites (tertiary alicyclic amines) is 2. The third-order valence-electron chi connectivity index (χ3n) is 6.53. The van der Waals surface area contributed by atoms with Crippen LogP contribution in [-0.4, -0.2) is 70.6 Å². The highest BCUT2D eigenvalue weighted by molar-refractivity contribution is 14.0. The molecule has 1 N–H and O–H groups in total. The van der Waals surface area contributed by atoms with E-state index in [9.17, 15) is 0 Å². The van der Waals surface area contributed by atoms with Crippen LogP contribution in [-0.2, 0) is 0 Å². The molecule has 0 spiro atoms. The molecule has 3 unspecified atom stereocenters. The molecule has 1 aromatic heterocycles. The van der Waals surface area contributed by atoms with Gasteiger partial charge in [0.05, 0.1) is 12.4 Å². The number of halogens is 1. The van der Waals surface area contributed by atoms with Gasteiger partial charge in [-0.05, 0) is 51.5 Å². The zero-order valence-electron chi connectivity index (χ0n) is 18.3. The van der Waals surface area contributed by atoms with Crippen LogP contribution in [0.3, 0.4) is 0 Å². The van der Waals surface area contributed by atoms with Crippen molar-refractivity contribution in [3.8, 4) is 0 Å². The van der Waals surface area contributed by atoms with E-state index >= 15 is 0 Å². The molecule has 28 heavy (non-hydrogen) atoms.